The minimum absolute atomic E-state index is 0.0997. The molecule has 1 heterocycles. The highest BCUT2D eigenvalue weighted by Gasteiger charge is 2.17. The second kappa shape index (κ2) is 8.45. The molecule has 0 aliphatic heterocycles. The highest BCUT2D eigenvalue weighted by atomic mass is 35.5. The lowest BCUT2D eigenvalue weighted by Crippen LogP contribution is -2.43. The van der Waals surface area contributed by atoms with Crippen molar-refractivity contribution < 1.29 is 4.79 Å². The molecular formula is C21H21ClN4O3. The topological polar surface area (TPSA) is 86.0 Å². The van der Waals surface area contributed by atoms with Crippen LogP contribution < -0.4 is 16.6 Å². The molecule has 1 amide bonds. The van der Waals surface area contributed by atoms with Gasteiger partial charge in [-0.2, -0.15) is 9.78 Å². The molecule has 150 valence electrons. The van der Waals surface area contributed by atoms with Crippen molar-refractivity contribution in [3.63, 3.8) is 0 Å². The second-order valence-electron chi connectivity index (χ2n) is 6.98. The average molecular weight is 413 g/mol. The molecule has 7 nitrogen and oxygen atoms in total. The van der Waals surface area contributed by atoms with E-state index in [0.29, 0.717) is 16.4 Å². The number of benzene rings is 2. The van der Waals surface area contributed by atoms with Crippen LogP contribution in [0.25, 0.3) is 5.69 Å². The highest BCUT2D eigenvalue weighted by Crippen LogP contribution is 2.14. The number of halogens is 1. The molecule has 0 unspecified atom stereocenters. The maximum Gasteiger partial charge on any atom is 0.352 e. The van der Waals surface area contributed by atoms with Gasteiger partial charge in [-0.25, -0.2) is 4.79 Å². The Kier molecular flexibility index (Phi) is 5.98. The van der Waals surface area contributed by atoms with E-state index < -0.39 is 11.2 Å². The molecule has 8 heteroatoms. The first-order valence-electron chi connectivity index (χ1n) is 9.13. The standard InChI is InChI=1S/C21H21ClN4O3/c1-13(2)19-20(28)25(12-15-7-9-16(22)10-8-15)21(29)26(24-19)18-6-4-5-17(11-18)23-14(3)27/h4-11,13H,12H2,1-3H3,(H,23,27). The van der Waals surface area contributed by atoms with E-state index in [9.17, 15) is 14.4 Å². The second-order valence-corrected chi connectivity index (χ2v) is 7.42. The molecule has 0 spiro atoms. The molecule has 3 rings (SSSR count). The lowest BCUT2D eigenvalue weighted by atomic mass is 10.1. The van der Waals surface area contributed by atoms with Crippen LogP contribution in [0.4, 0.5) is 5.69 Å². The molecule has 2 aromatic carbocycles. The Labute approximate surface area is 172 Å². The number of rotatable bonds is 5. The first kappa shape index (κ1) is 20.5. The summed E-state index contributed by atoms with van der Waals surface area (Å²) in [5, 5.41) is 7.57. The predicted molar refractivity (Wildman–Crippen MR) is 113 cm³/mol. The van der Waals surface area contributed by atoms with Crippen molar-refractivity contribution in [3.05, 3.63) is 85.6 Å². The molecule has 0 atom stereocenters. The van der Waals surface area contributed by atoms with Crippen LogP contribution in [0.1, 0.15) is 37.9 Å². The lowest BCUT2D eigenvalue weighted by molar-refractivity contribution is -0.114. The van der Waals surface area contributed by atoms with E-state index in [1.807, 2.05) is 13.8 Å². The summed E-state index contributed by atoms with van der Waals surface area (Å²) in [6.07, 6.45) is 0. The van der Waals surface area contributed by atoms with Crippen LogP contribution in [0.15, 0.2) is 58.1 Å². The summed E-state index contributed by atoms with van der Waals surface area (Å²) in [6.45, 7) is 5.19. The van der Waals surface area contributed by atoms with Gasteiger partial charge in [-0.3, -0.25) is 14.2 Å². The molecule has 1 aromatic heterocycles. The van der Waals surface area contributed by atoms with E-state index in [0.717, 1.165) is 10.1 Å². The van der Waals surface area contributed by atoms with Gasteiger partial charge in [-0.1, -0.05) is 43.6 Å². The lowest BCUT2D eigenvalue weighted by Gasteiger charge is -2.14. The Balaban J connectivity index is 2.17. The average Bonchev–Trinajstić information content (AvgIpc) is 2.66. The molecule has 0 bridgehead atoms. The van der Waals surface area contributed by atoms with Gasteiger partial charge in [0, 0.05) is 23.6 Å². The third-order valence-electron chi connectivity index (χ3n) is 4.30. The number of hydrogen-bond acceptors (Lipinski definition) is 4. The number of aromatic nitrogens is 3. The van der Waals surface area contributed by atoms with Crippen LogP contribution >= 0.6 is 11.6 Å². The normalized spacial score (nSPS) is 10.9. The smallest absolute Gasteiger partial charge is 0.326 e. The van der Waals surface area contributed by atoms with Gasteiger partial charge in [0.05, 0.1) is 12.2 Å². The minimum atomic E-state index is -0.561. The van der Waals surface area contributed by atoms with Gasteiger partial charge < -0.3 is 5.32 Å². The fourth-order valence-corrected chi connectivity index (χ4v) is 3.02. The zero-order chi connectivity index (χ0) is 21.1. The monoisotopic (exact) mass is 412 g/mol. The summed E-state index contributed by atoms with van der Waals surface area (Å²) in [6, 6.07) is 13.7. The third kappa shape index (κ3) is 4.63. The molecule has 0 saturated carbocycles. The Hall–Kier alpha value is -3.19. The van der Waals surface area contributed by atoms with Crippen molar-refractivity contribution in [1.82, 2.24) is 14.3 Å². The molecule has 0 fully saturated rings. The summed E-state index contributed by atoms with van der Waals surface area (Å²) < 4.78 is 2.36. The van der Waals surface area contributed by atoms with E-state index in [1.165, 1.54) is 11.6 Å². The zero-order valence-electron chi connectivity index (χ0n) is 16.3. The van der Waals surface area contributed by atoms with Gasteiger partial charge in [0.2, 0.25) is 5.91 Å². The van der Waals surface area contributed by atoms with Gasteiger partial charge in [0.1, 0.15) is 5.69 Å². The predicted octanol–water partition coefficient (Wildman–Crippen LogP) is 3.18. The van der Waals surface area contributed by atoms with Crippen LogP contribution in [0.2, 0.25) is 5.02 Å². The maximum atomic E-state index is 13.1. The van der Waals surface area contributed by atoms with Gasteiger partial charge in [0.25, 0.3) is 5.56 Å². The van der Waals surface area contributed by atoms with Crippen molar-refractivity contribution >= 4 is 23.2 Å². The molecule has 0 aliphatic carbocycles. The molecule has 0 saturated heterocycles. The van der Waals surface area contributed by atoms with E-state index in [4.69, 9.17) is 11.6 Å². The number of nitrogens with one attached hydrogen (secondary N) is 1. The Bertz CT molecular complexity index is 1160. The maximum absolute atomic E-state index is 13.1. The van der Waals surface area contributed by atoms with Crippen molar-refractivity contribution in [2.75, 3.05) is 5.32 Å². The molecule has 1 N–H and O–H groups in total. The van der Waals surface area contributed by atoms with E-state index >= 15 is 0 Å². The summed E-state index contributed by atoms with van der Waals surface area (Å²) in [7, 11) is 0. The van der Waals surface area contributed by atoms with Crippen LogP contribution in [0.3, 0.4) is 0 Å². The van der Waals surface area contributed by atoms with Crippen LogP contribution in [0.5, 0.6) is 0 Å². The number of anilines is 1. The molecular weight excluding hydrogens is 392 g/mol. The minimum Gasteiger partial charge on any atom is -0.326 e. The van der Waals surface area contributed by atoms with Crippen molar-refractivity contribution in [1.29, 1.82) is 0 Å². The molecule has 0 aliphatic rings. The molecule has 0 radical (unpaired) electrons. The molecule has 3 aromatic rings. The fourth-order valence-electron chi connectivity index (χ4n) is 2.89. The highest BCUT2D eigenvalue weighted by molar-refractivity contribution is 6.30. The van der Waals surface area contributed by atoms with Crippen LogP contribution in [-0.4, -0.2) is 20.3 Å². The molecule has 29 heavy (non-hydrogen) atoms. The van der Waals surface area contributed by atoms with E-state index in [2.05, 4.69) is 10.4 Å². The summed E-state index contributed by atoms with van der Waals surface area (Å²) in [4.78, 5) is 37.4. The van der Waals surface area contributed by atoms with Gasteiger partial charge in [0.15, 0.2) is 0 Å². The van der Waals surface area contributed by atoms with Gasteiger partial charge >= 0.3 is 5.69 Å². The Morgan fingerprint density at radius 1 is 1.14 bits per heavy atom. The van der Waals surface area contributed by atoms with Crippen LogP contribution in [-0.2, 0) is 11.3 Å². The first-order valence-corrected chi connectivity index (χ1v) is 9.50. The summed E-state index contributed by atoms with van der Waals surface area (Å²) >= 11 is 5.93. The largest absolute Gasteiger partial charge is 0.352 e. The number of hydrogen-bond donors (Lipinski definition) is 1. The SMILES string of the molecule is CC(=O)Nc1cccc(-n2nc(C(C)C)c(=O)n(Cc3ccc(Cl)cc3)c2=O)c1. The Morgan fingerprint density at radius 3 is 2.45 bits per heavy atom. The zero-order valence-corrected chi connectivity index (χ0v) is 17.1. The van der Waals surface area contributed by atoms with E-state index in [-0.39, 0.29) is 24.1 Å². The Morgan fingerprint density at radius 2 is 1.83 bits per heavy atom. The van der Waals surface area contributed by atoms with Crippen molar-refractivity contribution in [2.24, 2.45) is 0 Å². The first-order chi connectivity index (χ1) is 13.8. The third-order valence-corrected chi connectivity index (χ3v) is 4.55. The van der Waals surface area contributed by atoms with Gasteiger partial charge in [-0.05, 0) is 35.9 Å². The quantitative estimate of drug-likeness (QED) is 0.697. The van der Waals surface area contributed by atoms with Crippen molar-refractivity contribution in [3.8, 4) is 5.69 Å². The number of carbonyl (C=O) groups excluding carboxylic acids is 1. The van der Waals surface area contributed by atoms with Crippen LogP contribution in [0, 0.1) is 0 Å². The fraction of sp³-hybridized carbons (Fsp3) is 0.238. The van der Waals surface area contributed by atoms with E-state index in [1.54, 1.807) is 48.5 Å². The number of amides is 1. The number of nitrogens with zero attached hydrogens (tertiary/aromatic N) is 3. The summed E-state index contributed by atoms with van der Waals surface area (Å²) in [5.41, 5.74) is 1.05. The number of carbonyl (C=O) groups is 1. The summed E-state index contributed by atoms with van der Waals surface area (Å²) in [5.74, 6) is -0.401. The van der Waals surface area contributed by atoms with Gasteiger partial charge in [-0.15, -0.1) is 0 Å². The van der Waals surface area contributed by atoms with Crippen molar-refractivity contribution in [2.45, 2.75) is 33.2 Å².